The van der Waals surface area contributed by atoms with Crippen molar-refractivity contribution in [3.8, 4) is 0 Å². The van der Waals surface area contributed by atoms with Gasteiger partial charge in [0, 0.05) is 43.6 Å². The standard InChI is InChI=1S/C20H20N4O3S2/c25-20(24-13-11-23(12-14-24)18-4-1-2-10-21-18)16-6-8-17(9-7-16)22-29(26,27)19-5-3-15-28-19/h1-10,15,22H,11-14H2. The number of aromatic nitrogens is 1. The van der Waals surface area contributed by atoms with Gasteiger partial charge in [0.2, 0.25) is 0 Å². The lowest BCUT2D eigenvalue weighted by atomic mass is 10.1. The van der Waals surface area contributed by atoms with Crippen molar-refractivity contribution in [2.75, 3.05) is 35.8 Å². The van der Waals surface area contributed by atoms with Gasteiger partial charge in [0.1, 0.15) is 10.0 Å². The normalized spacial score (nSPS) is 14.6. The van der Waals surface area contributed by atoms with E-state index in [1.54, 1.807) is 48.0 Å². The van der Waals surface area contributed by atoms with E-state index in [1.807, 2.05) is 23.1 Å². The minimum absolute atomic E-state index is 0.0571. The Balaban J connectivity index is 1.37. The van der Waals surface area contributed by atoms with Crippen LogP contribution in [0.2, 0.25) is 0 Å². The summed E-state index contributed by atoms with van der Waals surface area (Å²) in [4.78, 5) is 21.1. The van der Waals surface area contributed by atoms with Crippen LogP contribution in [0.1, 0.15) is 10.4 Å². The van der Waals surface area contributed by atoms with Crippen molar-refractivity contribution >= 4 is 38.8 Å². The lowest BCUT2D eigenvalue weighted by Gasteiger charge is -2.35. The Bertz CT molecular complexity index is 1060. The van der Waals surface area contributed by atoms with Crippen molar-refractivity contribution in [1.82, 2.24) is 9.88 Å². The van der Waals surface area contributed by atoms with Crippen LogP contribution in [0.15, 0.2) is 70.4 Å². The second-order valence-electron chi connectivity index (χ2n) is 6.58. The largest absolute Gasteiger partial charge is 0.353 e. The number of nitrogens with one attached hydrogen (secondary N) is 1. The Morgan fingerprint density at radius 3 is 2.34 bits per heavy atom. The van der Waals surface area contributed by atoms with E-state index in [0.717, 1.165) is 30.2 Å². The van der Waals surface area contributed by atoms with Crippen LogP contribution in [0, 0.1) is 0 Å². The lowest BCUT2D eigenvalue weighted by Crippen LogP contribution is -2.49. The number of rotatable bonds is 5. The van der Waals surface area contributed by atoms with Crippen LogP contribution in [0.25, 0.3) is 0 Å². The first-order chi connectivity index (χ1) is 14.0. The van der Waals surface area contributed by atoms with E-state index in [2.05, 4.69) is 14.6 Å². The first kappa shape index (κ1) is 19.4. The molecule has 0 radical (unpaired) electrons. The maximum absolute atomic E-state index is 12.8. The molecule has 1 aromatic carbocycles. The van der Waals surface area contributed by atoms with Crippen LogP contribution in [-0.4, -0.2) is 50.4 Å². The minimum atomic E-state index is -3.59. The number of carbonyl (C=O) groups is 1. The first-order valence-corrected chi connectivity index (χ1v) is 11.5. The van der Waals surface area contributed by atoms with Gasteiger partial charge in [-0.2, -0.15) is 0 Å². The predicted octanol–water partition coefficient (Wildman–Crippen LogP) is 2.91. The zero-order chi connectivity index (χ0) is 20.3. The van der Waals surface area contributed by atoms with Gasteiger partial charge in [0.05, 0.1) is 0 Å². The maximum atomic E-state index is 12.8. The molecule has 1 aliphatic heterocycles. The number of piperazine rings is 1. The number of pyridine rings is 1. The summed E-state index contributed by atoms with van der Waals surface area (Å²) in [7, 11) is -3.59. The summed E-state index contributed by atoms with van der Waals surface area (Å²) in [5.41, 5.74) is 0.963. The minimum Gasteiger partial charge on any atom is -0.353 e. The molecule has 0 unspecified atom stereocenters. The molecule has 7 nitrogen and oxygen atoms in total. The Morgan fingerprint density at radius 2 is 1.72 bits per heavy atom. The summed E-state index contributed by atoms with van der Waals surface area (Å²) in [6, 6.07) is 15.6. The first-order valence-electron chi connectivity index (χ1n) is 9.14. The summed E-state index contributed by atoms with van der Waals surface area (Å²) >= 11 is 1.15. The van der Waals surface area contributed by atoms with Crippen molar-refractivity contribution in [3.05, 3.63) is 71.7 Å². The molecule has 0 bridgehead atoms. The molecule has 0 atom stereocenters. The second kappa shape index (κ2) is 8.22. The van der Waals surface area contributed by atoms with Gasteiger partial charge in [-0.15, -0.1) is 11.3 Å². The molecule has 0 spiro atoms. The molecular weight excluding hydrogens is 408 g/mol. The number of hydrogen-bond donors (Lipinski definition) is 1. The third kappa shape index (κ3) is 4.41. The van der Waals surface area contributed by atoms with Crippen molar-refractivity contribution in [3.63, 3.8) is 0 Å². The zero-order valence-electron chi connectivity index (χ0n) is 15.6. The van der Waals surface area contributed by atoms with Crippen molar-refractivity contribution < 1.29 is 13.2 Å². The summed E-state index contributed by atoms with van der Waals surface area (Å²) in [5.74, 6) is 0.861. The van der Waals surface area contributed by atoms with Gasteiger partial charge >= 0.3 is 0 Å². The second-order valence-corrected chi connectivity index (χ2v) is 9.44. The zero-order valence-corrected chi connectivity index (χ0v) is 17.2. The van der Waals surface area contributed by atoms with Crippen LogP contribution in [-0.2, 0) is 10.0 Å². The molecule has 3 heterocycles. The highest BCUT2D eigenvalue weighted by atomic mass is 32.2. The van der Waals surface area contributed by atoms with Gasteiger partial charge in [0.25, 0.3) is 15.9 Å². The molecule has 3 aromatic rings. The average Bonchev–Trinajstić information content (AvgIpc) is 3.30. The van der Waals surface area contributed by atoms with Crippen molar-refractivity contribution in [2.45, 2.75) is 4.21 Å². The highest BCUT2D eigenvalue weighted by Gasteiger charge is 2.23. The van der Waals surface area contributed by atoms with Crippen molar-refractivity contribution in [2.24, 2.45) is 0 Å². The lowest BCUT2D eigenvalue weighted by molar-refractivity contribution is 0.0746. The highest BCUT2D eigenvalue weighted by Crippen LogP contribution is 2.21. The van der Waals surface area contributed by atoms with Crippen LogP contribution >= 0.6 is 11.3 Å². The molecule has 2 aromatic heterocycles. The van der Waals surface area contributed by atoms with Gasteiger partial charge in [0.15, 0.2) is 0 Å². The van der Waals surface area contributed by atoms with E-state index in [4.69, 9.17) is 0 Å². The molecule has 1 fully saturated rings. The number of nitrogens with zero attached hydrogens (tertiary/aromatic N) is 3. The topological polar surface area (TPSA) is 82.6 Å². The molecule has 0 aliphatic carbocycles. The molecule has 0 saturated carbocycles. The van der Waals surface area contributed by atoms with Crippen LogP contribution in [0.3, 0.4) is 0 Å². The van der Waals surface area contributed by atoms with Gasteiger partial charge in [-0.1, -0.05) is 12.1 Å². The highest BCUT2D eigenvalue weighted by molar-refractivity contribution is 7.94. The Labute approximate surface area is 173 Å². The van der Waals surface area contributed by atoms with Gasteiger partial charge in [-0.05, 0) is 47.8 Å². The number of amides is 1. The van der Waals surface area contributed by atoms with Crippen LogP contribution in [0.5, 0.6) is 0 Å². The monoisotopic (exact) mass is 428 g/mol. The molecule has 1 N–H and O–H groups in total. The average molecular weight is 429 g/mol. The van der Waals surface area contributed by atoms with Crippen LogP contribution < -0.4 is 9.62 Å². The number of anilines is 2. The summed E-state index contributed by atoms with van der Waals surface area (Å²) in [6.45, 7) is 2.67. The Hall–Kier alpha value is -2.91. The molecule has 1 saturated heterocycles. The van der Waals surface area contributed by atoms with E-state index in [9.17, 15) is 13.2 Å². The molecule has 1 amide bonds. The van der Waals surface area contributed by atoms with E-state index in [1.165, 1.54) is 0 Å². The molecule has 29 heavy (non-hydrogen) atoms. The fourth-order valence-corrected chi connectivity index (χ4v) is 5.22. The van der Waals surface area contributed by atoms with E-state index < -0.39 is 10.0 Å². The number of benzene rings is 1. The Morgan fingerprint density at radius 1 is 0.966 bits per heavy atom. The van der Waals surface area contributed by atoms with E-state index >= 15 is 0 Å². The fraction of sp³-hybridized carbons (Fsp3) is 0.200. The molecular formula is C20H20N4O3S2. The summed E-state index contributed by atoms with van der Waals surface area (Å²) in [5, 5.41) is 1.71. The molecule has 150 valence electrons. The van der Waals surface area contributed by atoms with Crippen LogP contribution in [0.4, 0.5) is 11.5 Å². The number of carbonyl (C=O) groups excluding carboxylic acids is 1. The number of thiophene rings is 1. The third-order valence-electron chi connectivity index (χ3n) is 4.68. The maximum Gasteiger partial charge on any atom is 0.271 e. The molecule has 1 aliphatic rings. The molecule has 4 rings (SSSR count). The molecule has 9 heteroatoms. The number of sulfonamides is 1. The summed E-state index contributed by atoms with van der Waals surface area (Å²) in [6.07, 6.45) is 1.76. The van der Waals surface area contributed by atoms with Gasteiger partial charge in [-0.3, -0.25) is 9.52 Å². The van der Waals surface area contributed by atoms with E-state index in [-0.39, 0.29) is 10.1 Å². The SMILES string of the molecule is O=C(c1ccc(NS(=O)(=O)c2cccs2)cc1)N1CCN(c2ccccn2)CC1. The quantitative estimate of drug-likeness (QED) is 0.676. The predicted molar refractivity (Wildman–Crippen MR) is 114 cm³/mol. The van der Waals surface area contributed by atoms with Gasteiger partial charge in [-0.25, -0.2) is 13.4 Å². The van der Waals surface area contributed by atoms with Gasteiger partial charge < -0.3 is 9.80 Å². The summed E-state index contributed by atoms with van der Waals surface area (Å²) < 4.78 is 27.4. The number of hydrogen-bond acceptors (Lipinski definition) is 6. The van der Waals surface area contributed by atoms with Crippen molar-refractivity contribution in [1.29, 1.82) is 0 Å². The van der Waals surface area contributed by atoms with E-state index in [0.29, 0.717) is 24.3 Å². The Kier molecular flexibility index (Phi) is 5.50. The third-order valence-corrected chi connectivity index (χ3v) is 7.46. The smallest absolute Gasteiger partial charge is 0.271 e. The fourth-order valence-electron chi connectivity index (χ4n) is 3.16.